The molecule has 1 heterocycles. The normalized spacial score (nSPS) is 16.0. The lowest BCUT2D eigenvalue weighted by Gasteiger charge is -2.22. The number of rotatable bonds is 5. The van der Waals surface area contributed by atoms with Gasteiger partial charge in [0.2, 0.25) is 0 Å². The highest BCUT2D eigenvalue weighted by atomic mass is 32.2. The molecule has 0 saturated carbocycles. The van der Waals surface area contributed by atoms with Crippen LogP contribution >= 0.6 is 11.8 Å². The van der Waals surface area contributed by atoms with Crippen LogP contribution in [0.2, 0.25) is 0 Å². The minimum atomic E-state index is -4.62. The van der Waals surface area contributed by atoms with E-state index in [1.54, 1.807) is 0 Å². The van der Waals surface area contributed by atoms with Crippen LogP contribution in [0.25, 0.3) is 0 Å². The van der Waals surface area contributed by atoms with E-state index in [0.29, 0.717) is 11.7 Å². The summed E-state index contributed by atoms with van der Waals surface area (Å²) in [4.78, 5) is 3.70. The smallest absolute Gasteiger partial charge is 0.337 e. The average Bonchev–Trinajstić information content (AvgIpc) is 2.64. The molecule has 18 heavy (non-hydrogen) atoms. The summed E-state index contributed by atoms with van der Waals surface area (Å²) < 4.78 is 42.5. The quantitative estimate of drug-likeness (QED) is 0.900. The fourth-order valence-electron chi connectivity index (χ4n) is 1.03. The molecule has 1 rings (SSSR count). The molecule has 1 aromatic heterocycles. The van der Waals surface area contributed by atoms with Crippen LogP contribution in [0, 0.1) is 5.92 Å². The summed E-state index contributed by atoms with van der Waals surface area (Å²) in [6, 6.07) is 0. The van der Waals surface area contributed by atoms with E-state index >= 15 is 0 Å². The van der Waals surface area contributed by atoms with Gasteiger partial charge in [-0.05, 0) is 18.6 Å². The largest absolute Gasteiger partial charge is 0.415 e. The van der Waals surface area contributed by atoms with Gasteiger partial charge in [-0.1, -0.05) is 19.0 Å². The number of nitrogens with zero attached hydrogens (tertiary/aromatic N) is 2. The van der Waals surface area contributed by atoms with Crippen molar-refractivity contribution in [3.8, 4) is 0 Å². The van der Waals surface area contributed by atoms with E-state index in [2.05, 4.69) is 28.5 Å². The molecule has 0 amide bonds. The van der Waals surface area contributed by atoms with Crippen LogP contribution in [0.3, 0.4) is 0 Å². The minimum absolute atomic E-state index is 0.233. The Kier molecular flexibility index (Phi) is 4.66. The molecule has 0 bridgehead atoms. The fraction of sp³-hybridized carbons (Fsp3) is 0.800. The van der Waals surface area contributed by atoms with Crippen molar-refractivity contribution in [1.82, 2.24) is 10.1 Å². The molecule has 0 radical (unpaired) electrons. The molecule has 1 aromatic rings. The first kappa shape index (κ1) is 15.3. The average molecular weight is 283 g/mol. The zero-order valence-electron chi connectivity index (χ0n) is 10.4. The van der Waals surface area contributed by atoms with Gasteiger partial charge in [0.05, 0.1) is 5.75 Å². The molecule has 1 atom stereocenters. The number of hydrogen-bond donors (Lipinski definition) is 1. The monoisotopic (exact) mass is 283 g/mol. The molecular formula is C10H16F3N3OS. The molecule has 0 aliphatic rings. The van der Waals surface area contributed by atoms with E-state index < -0.39 is 17.6 Å². The van der Waals surface area contributed by atoms with E-state index in [9.17, 15) is 13.2 Å². The van der Waals surface area contributed by atoms with Crippen LogP contribution in [0.4, 0.5) is 13.2 Å². The van der Waals surface area contributed by atoms with Crippen LogP contribution < -0.4 is 5.73 Å². The van der Waals surface area contributed by atoms with Gasteiger partial charge in [-0.3, -0.25) is 0 Å². The lowest BCUT2D eigenvalue weighted by Crippen LogP contribution is -2.48. The van der Waals surface area contributed by atoms with Gasteiger partial charge in [0, 0.05) is 0 Å². The maximum Gasteiger partial charge on any atom is 0.415 e. The maximum absolute atomic E-state index is 12.6. The molecule has 0 aliphatic carbocycles. The van der Waals surface area contributed by atoms with Crippen molar-refractivity contribution in [2.24, 2.45) is 11.7 Å². The molecule has 104 valence electrons. The number of alkyl halides is 3. The van der Waals surface area contributed by atoms with Gasteiger partial charge < -0.3 is 10.3 Å². The second kappa shape index (κ2) is 5.48. The Morgan fingerprint density at radius 1 is 1.39 bits per heavy atom. The number of aromatic nitrogens is 2. The summed E-state index contributed by atoms with van der Waals surface area (Å²) in [7, 11) is 0. The summed E-state index contributed by atoms with van der Waals surface area (Å²) in [5.41, 5.74) is 2.57. The Bertz CT molecular complexity index is 390. The molecule has 0 fully saturated rings. The van der Waals surface area contributed by atoms with E-state index in [-0.39, 0.29) is 5.82 Å². The van der Waals surface area contributed by atoms with Crippen LogP contribution in [-0.4, -0.2) is 22.1 Å². The van der Waals surface area contributed by atoms with Crippen molar-refractivity contribution in [1.29, 1.82) is 0 Å². The highest BCUT2D eigenvalue weighted by molar-refractivity contribution is 7.98. The number of thioether (sulfide) groups is 1. The van der Waals surface area contributed by atoms with E-state index in [0.717, 1.165) is 12.7 Å². The van der Waals surface area contributed by atoms with Gasteiger partial charge in [0.15, 0.2) is 11.4 Å². The molecule has 0 aliphatic heterocycles. The van der Waals surface area contributed by atoms with Crippen LogP contribution in [0.5, 0.6) is 0 Å². The van der Waals surface area contributed by atoms with Gasteiger partial charge in [-0.25, -0.2) is 0 Å². The van der Waals surface area contributed by atoms with Gasteiger partial charge in [0.1, 0.15) is 0 Å². The van der Waals surface area contributed by atoms with Crippen LogP contribution in [0.1, 0.15) is 32.5 Å². The number of nitrogens with two attached hydrogens (primary N) is 1. The van der Waals surface area contributed by atoms with Gasteiger partial charge in [-0.2, -0.15) is 29.9 Å². The van der Waals surface area contributed by atoms with Crippen molar-refractivity contribution in [2.75, 3.05) is 5.75 Å². The summed E-state index contributed by atoms with van der Waals surface area (Å²) in [5, 5.41) is 3.51. The molecular weight excluding hydrogens is 267 g/mol. The third-order valence-electron chi connectivity index (χ3n) is 2.18. The topological polar surface area (TPSA) is 64.9 Å². The summed E-state index contributed by atoms with van der Waals surface area (Å²) >= 11 is 1.54. The molecule has 1 unspecified atom stereocenters. The third kappa shape index (κ3) is 3.61. The standard InChI is InChI=1S/C10H16F3N3OS/c1-6(2)4-18-5-7-15-8(17-16-7)9(3,14)10(11,12)13/h6H,4-5,14H2,1-3H3. The molecule has 0 spiro atoms. The highest BCUT2D eigenvalue weighted by Gasteiger charge is 2.53. The molecule has 0 saturated heterocycles. The van der Waals surface area contributed by atoms with E-state index in [1.807, 2.05) is 0 Å². The Morgan fingerprint density at radius 3 is 2.50 bits per heavy atom. The van der Waals surface area contributed by atoms with Crippen molar-refractivity contribution < 1.29 is 17.7 Å². The number of halogens is 3. The SMILES string of the molecule is CC(C)CSCc1noc(C(C)(N)C(F)(F)F)n1. The van der Waals surface area contributed by atoms with E-state index in [1.165, 1.54) is 11.8 Å². The first-order chi connectivity index (χ1) is 8.14. The predicted molar refractivity (Wildman–Crippen MR) is 62.9 cm³/mol. The van der Waals surface area contributed by atoms with E-state index in [4.69, 9.17) is 5.73 Å². The maximum atomic E-state index is 12.6. The van der Waals surface area contributed by atoms with Gasteiger partial charge in [0.25, 0.3) is 5.89 Å². The molecule has 8 heteroatoms. The van der Waals surface area contributed by atoms with Crippen molar-refractivity contribution in [3.63, 3.8) is 0 Å². The van der Waals surface area contributed by atoms with Gasteiger partial charge >= 0.3 is 6.18 Å². The predicted octanol–water partition coefficient (Wildman–Crippen LogP) is 2.70. The van der Waals surface area contributed by atoms with Crippen molar-refractivity contribution in [2.45, 2.75) is 38.2 Å². The fourth-order valence-corrected chi connectivity index (χ4v) is 1.92. The lowest BCUT2D eigenvalue weighted by atomic mass is 10.0. The second-order valence-electron chi connectivity index (χ2n) is 4.62. The summed E-state index contributed by atoms with van der Waals surface area (Å²) in [6.07, 6.45) is -4.62. The van der Waals surface area contributed by atoms with Gasteiger partial charge in [-0.15, -0.1) is 0 Å². The lowest BCUT2D eigenvalue weighted by molar-refractivity contribution is -0.190. The number of hydrogen-bond acceptors (Lipinski definition) is 5. The minimum Gasteiger partial charge on any atom is -0.337 e. The Morgan fingerprint density at radius 2 is 2.00 bits per heavy atom. The van der Waals surface area contributed by atoms with Crippen molar-refractivity contribution in [3.05, 3.63) is 11.7 Å². The zero-order chi connectivity index (χ0) is 14.0. The summed E-state index contributed by atoms with van der Waals surface area (Å²) in [6.45, 7) is 4.91. The Labute approximate surface area is 107 Å². The molecule has 2 N–H and O–H groups in total. The zero-order valence-corrected chi connectivity index (χ0v) is 11.2. The Balaban J connectivity index is 2.69. The van der Waals surface area contributed by atoms with Crippen LogP contribution in [0.15, 0.2) is 4.52 Å². The third-order valence-corrected chi connectivity index (χ3v) is 3.55. The summed E-state index contributed by atoms with van der Waals surface area (Å²) in [5.74, 6) is 1.42. The Hall–Kier alpha value is -0.760. The first-order valence-electron chi connectivity index (χ1n) is 5.41. The highest BCUT2D eigenvalue weighted by Crippen LogP contribution is 2.35. The van der Waals surface area contributed by atoms with Crippen molar-refractivity contribution >= 4 is 11.8 Å². The molecule has 0 aromatic carbocycles. The second-order valence-corrected chi connectivity index (χ2v) is 5.66. The molecule has 4 nitrogen and oxygen atoms in total. The first-order valence-corrected chi connectivity index (χ1v) is 6.56. The van der Waals surface area contributed by atoms with Crippen LogP contribution in [-0.2, 0) is 11.3 Å².